The van der Waals surface area contributed by atoms with Gasteiger partial charge in [-0.3, -0.25) is 0 Å². The molecule has 0 aliphatic carbocycles. The van der Waals surface area contributed by atoms with Crippen molar-refractivity contribution in [3.8, 4) is 0 Å². The molecule has 0 aliphatic rings. The molecule has 0 radical (unpaired) electrons. The number of anilines is 2. The van der Waals surface area contributed by atoms with Gasteiger partial charge in [-0.25, -0.2) is 9.97 Å². The molecule has 94 valence electrons. The minimum absolute atomic E-state index is 0.709. The number of hydrogen-bond donors (Lipinski definition) is 1. The van der Waals surface area contributed by atoms with E-state index in [9.17, 15) is 0 Å². The number of benzene rings is 1. The van der Waals surface area contributed by atoms with E-state index in [0.29, 0.717) is 6.54 Å². The predicted octanol–water partition coefficient (Wildman–Crippen LogP) is 2.81. The lowest BCUT2D eigenvalue weighted by molar-refractivity contribution is 1.02. The molecule has 0 bridgehead atoms. The molecule has 2 rings (SSSR count). The molecule has 0 fully saturated rings. The summed E-state index contributed by atoms with van der Waals surface area (Å²) in [5.74, 6) is 1.69. The van der Waals surface area contributed by atoms with E-state index in [1.165, 1.54) is 0 Å². The topological polar surface area (TPSA) is 41.0 Å². The van der Waals surface area contributed by atoms with Gasteiger partial charge in [0, 0.05) is 31.7 Å². The Balaban J connectivity index is 2.01. The van der Waals surface area contributed by atoms with Crippen LogP contribution in [0.15, 0.2) is 36.7 Å². The molecule has 5 heteroatoms. The highest BCUT2D eigenvalue weighted by Gasteiger charge is 2.00. The van der Waals surface area contributed by atoms with Crippen molar-refractivity contribution in [2.75, 3.05) is 24.3 Å². The molecular weight excluding hydrogens is 248 g/mol. The first kappa shape index (κ1) is 12.6. The van der Waals surface area contributed by atoms with Crippen molar-refractivity contribution in [2.24, 2.45) is 0 Å². The number of halogens is 1. The fourth-order valence-electron chi connectivity index (χ4n) is 1.48. The zero-order valence-electron chi connectivity index (χ0n) is 10.4. The third-order valence-corrected chi connectivity index (χ3v) is 2.75. The number of nitrogens with zero attached hydrogens (tertiary/aromatic N) is 3. The van der Waals surface area contributed by atoms with Crippen molar-refractivity contribution < 1.29 is 0 Å². The second-order valence-corrected chi connectivity index (χ2v) is 4.57. The summed E-state index contributed by atoms with van der Waals surface area (Å²) in [5.41, 5.74) is 1.16. The van der Waals surface area contributed by atoms with E-state index in [4.69, 9.17) is 11.6 Å². The van der Waals surface area contributed by atoms with Crippen molar-refractivity contribution in [2.45, 2.75) is 6.54 Å². The lowest BCUT2D eigenvalue weighted by Gasteiger charge is -2.12. The standard InChI is InChI=1S/C13H15ClN4/c1-18(2)13-7-12(16-9-17-13)15-8-10-3-5-11(14)6-4-10/h3-7,9H,8H2,1-2H3,(H,15,16,17). The second kappa shape index (κ2) is 5.69. The van der Waals surface area contributed by atoms with Gasteiger partial charge in [0.25, 0.3) is 0 Å². The van der Waals surface area contributed by atoms with Gasteiger partial charge in [-0.15, -0.1) is 0 Å². The molecule has 18 heavy (non-hydrogen) atoms. The third kappa shape index (κ3) is 3.34. The summed E-state index contributed by atoms with van der Waals surface area (Å²) in [6.07, 6.45) is 1.56. The molecule has 1 aromatic heterocycles. The van der Waals surface area contributed by atoms with Crippen molar-refractivity contribution in [1.82, 2.24) is 9.97 Å². The van der Waals surface area contributed by atoms with Crippen LogP contribution in [-0.2, 0) is 6.54 Å². The van der Waals surface area contributed by atoms with E-state index in [2.05, 4.69) is 15.3 Å². The van der Waals surface area contributed by atoms with Crippen LogP contribution in [0.5, 0.6) is 0 Å². The Bertz CT molecular complexity index is 511. The SMILES string of the molecule is CN(C)c1cc(NCc2ccc(Cl)cc2)ncn1. The maximum atomic E-state index is 5.84. The van der Waals surface area contributed by atoms with Crippen LogP contribution >= 0.6 is 11.6 Å². The summed E-state index contributed by atoms with van der Waals surface area (Å²) >= 11 is 5.84. The molecule has 0 unspecified atom stereocenters. The molecule has 0 amide bonds. The fourth-order valence-corrected chi connectivity index (χ4v) is 1.61. The molecule has 1 N–H and O–H groups in total. The van der Waals surface area contributed by atoms with E-state index in [0.717, 1.165) is 22.2 Å². The molecule has 0 saturated carbocycles. The Labute approximate surface area is 112 Å². The summed E-state index contributed by atoms with van der Waals surface area (Å²) in [4.78, 5) is 10.3. The maximum absolute atomic E-state index is 5.84. The predicted molar refractivity (Wildman–Crippen MR) is 75.1 cm³/mol. The van der Waals surface area contributed by atoms with Crippen LogP contribution in [0.25, 0.3) is 0 Å². The second-order valence-electron chi connectivity index (χ2n) is 4.14. The first-order chi connectivity index (χ1) is 8.65. The Morgan fingerprint density at radius 1 is 1.17 bits per heavy atom. The number of hydrogen-bond acceptors (Lipinski definition) is 4. The van der Waals surface area contributed by atoms with Crippen molar-refractivity contribution in [3.05, 3.63) is 47.2 Å². The maximum Gasteiger partial charge on any atom is 0.133 e. The Hall–Kier alpha value is -1.81. The van der Waals surface area contributed by atoms with E-state index in [1.807, 2.05) is 49.3 Å². The van der Waals surface area contributed by atoms with E-state index >= 15 is 0 Å². The van der Waals surface area contributed by atoms with Crippen LogP contribution in [0, 0.1) is 0 Å². The number of aromatic nitrogens is 2. The molecule has 0 saturated heterocycles. The van der Waals surface area contributed by atoms with Gasteiger partial charge in [0.2, 0.25) is 0 Å². The highest BCUT2D eigenvalue weighted by molar-refractivity contribution is 6.30. The minimum atomic E-state index is 0.709. The Morgan fingerprint density at radius 3 is 2.56 bits per heavy atom. The van der Waals surface area contributed by atoms with Gasteiger partial charge in [-0.2, -0.15) is 0 Å². The quantitative estimate of drug-likeness (QED) is 0.920. The lowest BCUT2D eigenvalue weighted by atomic mass is 10.2. The van der Waals surface area contributed by atoms with Crippen LogP contribution in [0.2, 0.25) is 5.02 Å². The molecular formula is C13H15ClN4. The van der Waals surface area contributed by atoms with Gasteiger partial charge in [0.15, 0.2) is 0 Å². The molecule has 0 aliphatic heterocycles. The summed E-state index contributed by atoms with van der Waals surface area (Å²) in [6, 6.07) is 9.65. The van der Waals surface area contributed by atoms with Gasteiger partial charge in [0.1, 0.15) is 18.0 Å². The highest BCUT2D eigenvalue weighted by Crippen LogP contribution is 2.13. The Morgan fingerprint density at radius 2 is 1.89 bits per heavy atom. The smallest absolute Gasteiger partial charge is 0.133 e. The van der Waals surface area contributed by atoms with Gasteiger partial charge >= 0.3 is 0 Å². The van der Waals surface area contributed by atoms with Crippen LogP contribution in [-0.4, -0.2) is 24.1 Å². The monoisotopic (exact) mass is 262 g/mol. The van der Waals surface area contributed by atoms with Crippen molar-refractivity contribution in [1.29, 1.82) is 0 Å². The zero-order valence-corrected chi connectivity index (χ0v) is 11.1. The zero-order chi connectivity index (χ0) is 13.0. The molecule has 2 aromatic rings. The highest BCUT2D eigenvalue weighted by atomic mass is 35.5. The summed E-state index contributed by atoms with van der Waals surface area (Å²) in [6.45, 7) is 0.709. The third-order valence-electron chi connectivity index (χ3n) is 2.50. The fraction of sp³-hybridized carbons (Fsp3) is 0.231. The largest absolute Gasteiger partial charge is 0.366 e. The van der Waals surface area contributed by atoms with Crippen LogP contribution in [0.1, 0.15) is 5.56 Å². The van der Waals surface area contributed by atoms with Crippen molar-refractivity contribution >= 4 is 23.2 Å². The molecule has 1 aromatic carbocycles. The van der Waals surface area contributed by atoms with Crippen LogP contribution in [0.3, 0.4) is 0 Å². The summed E-state index contributed by atoms with van der Waals surface area (Å²) < 4.78 is 0. The van der Waals surface area contributed by atoms with E-state index in [-0.39, 0.29) is 0 Å². The van der Waals surface area contributed by atoms with Gasteiger partial charge in [-0.05, 0) is 17.7 Å². The number of rotatable bonds is 4. The average Bonchev–Trinajstić information content (AvgIpc) is 2.38. The Kier molecular flexibility index (Phi) is 3.99. The van der Waals surface area contributed by atoms with Crippen molar-refractivity contribution in [3.63, 3.8) is 0 Å². The molecule has 4 nitrogen and oxygen atoms in total. The van der Waals surface area contributed by atoms with Gasteiger partial charge < -0.3 is 10.2 Å². The van der Waals surface area contributed by atoms with Gasteiger partial charge in [-0.1, -0.05) is 23.7 Å². The number of nitrogens with one attached hydrogen (secondary N) is 1. The molecule has 1 heterocycles. The van der Waals surface area contributed by atoms with Crippen LogP contribution < -0.4 is 10.2 Å². The summed E-state index contributed by atoms with van der Waals surface area (Å²) in [7, 11) is 3.90. The molecule has 0 atom stereocenters. The summed E-state index contributed by atoms with van der Waals surface area (Å²) in [5, 5.41) is 4.00. The average molecular weight is 263 g/mol. The van der Waals surface area contributed by atoms with E-state index in [1.54, 1.807) is 6.33 Å². The van der Waals surface area contributed by atoms with E-state index < -0.39 is 0 Å². The van der Waals surface area contributed by atoms with Crippen LogP contribution in [0.4, 0.5) is 11.6 Å². The van der Waals surface area contributed by atoms with Gasteiger partial charge in [0.05, 0.1) is 0 Å². The first-order valence-corrected chi connectivity index (χ1v) is 6.00. The minimum Gasteiger partial charge on any atom is -0.366 e. The normalized spacial score (nSPS) is 10.2. The first-order valence-electron chi connectivity index (χ1n) is 5.63. The molecule has 0 spiro atoms. The lowest BCUT2D eigenvalue weighted by Crippen LogP contribution is -2.11.